The number of fused-ring (bicyclic) bond motifs is 1. The quantitative estimate of drug-likeness (QED) is 0.571. The van der Waals surface area contributed by atoms with Crippen LogP contribution in [0.2, 0.25) is 5.02 Å². The number of aromatic nitrogens is 2. The Hall–Kier alpha value is -2.07. The van der Waals surface area contributed by atoms with E-state index in [1.807, 2.05) is 20.8 Å². The van der Waals surface area contributed by atoms with E-state index in [4.69, 9.17) is 11.6 Å². The zero-order valence-electron chi connectivity index (χ0n) is 17.6. The van der Waals surface area contributed by atoms with E-state index >= 15 is 0 Å². The monoisotopic (exact) mass is 478 g/mol. The van der Waals surface area contributed by atoms with E-state index in [-0.39, 0.29) is 28.9 Å². The molecular formula is C21H23ClN4O3S2. The van der Waals surface area contributed by atoms with Crippen LogP contribution in [-0.2, 0) is 16.4 Å². The molecule has 31 heavy (non-hydrogen) atoms. The molecule has 1 saturated heterocycles. The fourth-order valence-corrected chi connectivity index (χ4v) is 6.96. The van der Waals surface area contributed by atoms with E-state index in [1.165, 1.54) is 21.7 Å². The van der Waals surface area contributed by atoms with Crippen molar-refractivity contribution in [2.45, 2.75) is 32.1 Å². The third kappa shape index (κ3) is 3.95. The van der Waals surface area contributed by atoms with Gasteiger partial charge in [0.25, 0.3) is 5.91 Å². The first kappa shape index (κ1) is 22.1. The molecule has 1 aromatic carbocycles. The minimum Gasteiger partial charge on any atom is -0.335 e. The molecule has 0 saturated carbocycles. The first-order chi connectivity index (χ1) is 14.7. The van der Waals surface area contributed by atoms with Crippen molar-refractivity contribution in [3.8, 4) is 0 Å². The number of rotatable bonds is 4. The molecular weight excluding hydrogens is 456 g/mol. The standard InChI is InChI=1S/C21H23ClN4O3S2/c1-4-17-23-14(3)18-13(2)19(30-20(18)24-17)21(27)25-9-11-26(12-10-25)31(28,29)16-8-6-5-7-15(16)22/h5-8H,4,9-12H2,1-3H3. The summed E-state index contributed by atoms with van der Waals surface area (Å²) in [5.41, 5.74) is 1.77. The lowest BCUT2D eigenvalue weighted by Gasteiger charge is -2.34. The van der Waals surface area contributed by atoms with Crippen LogP contribution >= 0.6 is 22.9 Å². The van der Waals surface area contributed by atoms with E-state index < -0.39 is 10.0 Å². The third-order valence-corrected chi connectivity index (χ3v) is 9.08. The summed E-state index contributed by atoms with van der Waals surface area (Å²) in [6.45, 7) is 6.96. The number of sulfonamides is 1. The number of hydrogen-bond donors (Lipinski definition) is 0. The summed E-state index contributed by atoms with van der Waals surface area (Å²) in [7, 11) is -3.70. The maximum Gasteiger partial charge on any atom is 0.264 e. The summed E-state index contributed by atoms with van der Waals surface area (Å²) in [5, 5.41) is 1.13. The van der Waals surface area contributed by atoms with Crippen LogP contribution in [0.25, 0.3) is 10.2 Å². The Morgan fingerprint density at radius 1 is 1.13 bits per heavy atom. The van der Waals surface area contributed by atoms with E-state index in [9.17, 15) is 13.2 Å². The highest BCUT2D eigenvalue weighted by atomic mass is 35.5. The normalized spacial score (nSPS) is 15.5. The summed E-state index contributed by atoms with van der Waals surface area (Å²) in [6, 6.07) is 6.41. The summed E-state index contributed by atoms with van der Waals surface area (Å²) in [6.07, 6.45) is 0.735. The van der Waals surface area contributed by atoms with Crippen molar-refractivity contribution in [1.29, 1.82) is 0 Å². The van der Waals surface area contributed by atoms with E-state index in [0.29, 0.717) is 18.0 Å². The van der Waals surface area contributed by atoms with Gasteiger partial charge in [-0.25, -0.2) is 18.4 Å². The van der Waals surface area contributed by atoms with Crippen LogP contribution in [0.4, 0.5) is 0 Å². The molecule has 1 fully saturated rings. The minimum absolute atomic E-state index is 0.0901. The summed E-state index contributed by atoms with van der Waals surface area (Å²) in [5.74, 6) is 0.677. The maximum absolute atomic E-state index is 13.2. The van der Waals surface area contributed by atoms with Crippen LogP contribution in [0.5, 0.6) is 0 Å². The lowest BCUT2D eigenvalue weighted by Crippen LogP contribution is -2.50. The maximum atomic E-state index is 13.2. The molecule has 0 unspecified atom stereocenters. The molecule has 0 aliphatic carbocycles. The third-order valence-electron chi connectivity index (χ3n) is 5.51. The number of benzene rings is 1. The second kappa shape index (κ2) is 8.46. The largest absolute Gasteiger partial charge is 0.335 e. The van der Waals surface area contributed by atoms with Crippen LogP contribution in [0.3, 0.4) is 0 Å². The van der Waals surface area contributed by atoms with Crippen LogP contribution < -0.4 is 0 Å². The molecule has 0 atom stereocenters. The van der Waals surface area contributed by atoms with Gasteiger partial charge in [0, 0.05) is 43.7 Å². The number of amides is 1. The average molecular weight is 479 g/mol. The van der Waals surface area contributed by atoms with Crippen molar-refractivity contribution >= 4 is 49.1 Å². The average Bonchev–Trinajstić information content (AvgIpc) is 3.10. The molecule has 0 spiro atoms. The van der Waals surface area contributed by atoms with Crippen LogP contribution in [0, 0.1) is 13.8 Å². The highest BCUT2D eigenvalue weighted by Gasteiger charge is 2.32. The molecule has 1 amide bonds. The number of thiophene rings is 1. The molecule has 2 aromatic heterocycles. The second-order valence-electron chi connectivity index (χ2n) is 7.44. The van der Waals surface area contributed by atoms with Gasteiger partial charge in [-0.15, -0.1) is 11.3 Å². The van der Waals surface area contributed by atoms with Crippen molar-refractivity contribution in [1.82, 2.24) is 19.2 Å². The van der Waals surface area contributed by atoms with Gasteiger partial charge >= 0.3 is 0 Å². The van der Waals surface area contributed by atoms with Crippen molar-refractivity contribution in [2.75, 3.05) is 26.2 Å². The molecule has 1 aliphatic heterocycles. The van der Waals surface area contributed by atoms with Crippen LogP contribution in [0.1, 0.15) is 33.7 Å². The molecule has 164 valence electrons. The fourth-order valence-electron chi connectivity index (χ4n) is 3.83. The molecule has 0 bridgehead atoms. The molecule has 3 aromatic rings. The highest BCUT2D eigenvalue weighted by Crippen LogP contribution is 2.33. The number of aryl methyl sites for hydroxylation is 3. The van der Waals surface area contributed by atoms with Gasteiger partial charge in [-0.3, -0.25) is 4.79 Å². The fraction of sp³-hybridized carbons (Fsp3) is 0.381. The van der Waals surface area contributed by atoms with Gasteiger partial charge in [-0.2, -0.15) is 4.31 Å². The van der Waals surface area contributed by atoms with Gasteiger partial charge in [0.05, 0.1) is 9.90 Å². The Kier molecular flexibility index (Phi) is 6.04. The molecule has 3 heterocycles. The van der Waals surface area contributed by atoms with Crippen molar-refractivity contribution in [3.63, 3.8) is 0 Å². The topological polar surface area (TPSA) is 83.5 Å². The second-order valence-corrected chi connectivity index (χ2v) is 10.8. The van der Waals surface area contributed by atoms with Crippen molar-refractivity contribution in [2.24, 2.45) is 0 Å². The van der Waals surface area contributed by atoms with E-state index in [2.05, 4.69) is 9.97 Å². The molecule has 1 aliphatic rings. The van der Waals surface area contributed by atoms with Crippen LogP contribution in [-0.4, -0.2) is 59.7 Å². The lowest BCUT2D eigenvalue weighted by molar-refractivity contribution is 0.0702. The zero-order chi connectivity index (χ0) is 22.3. The number of hydrogen-bond acceptors (Lipinski definition) is 6. The van der Waals surface area contributed by atoms with Gasteiger partial charge < -0.3 is 4.90 Å². The van der Waals surface area contributed by atoms with Gasteiger partial charge in [0.15, 0.2) is 0 Å². The van der Waals surface area contributed by atoms with Crippen LogP contribution in [0.15, 0.2) is 29.2 Å². The summed E-state index contributed by atoms with van der Waals surface area (Å²) in [4.78, 5) is 25.6. The number of carbonyl (C=O) groups excluding carboxylic acids is 1. The predicted molar refractivity (Wildman–Crippen MR) is 122 cm³/mol. The lowest BCUT2D eigenvalue weighted by atomic mass is 10.1. The summed E-state index contributed by atoms with van der Waals surface area (Å²) >= 11 is 7.48. The van der Waals surface area contributed by atoms with Gasteiger partial charge in [-0.05, 0) is 31.5 Å². The Bertz CT molecular complexity index is 1270. The van der Waals surface area contributed by atoms with Gasteiger partial charge in [-0.1, -0.05) is 30.7 Å². The Morgan fingerprint density at radius 2 is 1.81 bits per heavy atom. The zero-order valence-corrected chi connectivity index (χ0v) is 19.9. The minimum atomic E-state index is -3.70. The molecule has 10 heteroatoms. The Labute approximate surface area is 190 Å². The Balaban J connectivity index is 1.54. The van der Waals surface area contributed by atoms with E-state index in [0.717, 1.165) is 33.7 Å². The number of carbonyl (C=O) groups is 1. The Morgan fingerprint density at radius 3 is 2.45 bits per heavy atom. The first-order valence-electron chi connectivity index (χ1n) is 10.0. The number of nitrogens with zero attached hydrogens (tertiary/aromatic N) is 4. The predicted octanol–water partition coefficient (Wildman–Crippen LogP) is 3.67. The van der Waals surface area contributed by atoms with Gasteiger partial charge in [0.2, 0.25) is 10.0 Å². The number of halogens is 1. The van der Waals surface area contributed by atoms with Crippen molar-refractivity contribution in [3.05, 3.63) is 51.2 Å². The molecule has 0 radical (unpaired) electrons. The summed E-state index contributed by atoms with van der Waals surface area (Å²) < 4.78 is 27.3. The molecule has 4 rings (SSSR count). The van der Waals surface area contributed by atoms with E-state index in [1.54, 1.807) is 23.1 Å². The first-order valence-corrected chi connectivity index (χ1v) is 12.7. The number of piperazine rings is 1. The molecule has 7 nitrogen and oxygen atoms in total. The highest BCUT2D eigenvalue weighted by molar-refractivity contribution is 7.89. The molecule has 0 N–H and O–H groups in total. The SMILES string of the molecule is CCc1nc(C)c2c(C)c(C(=O)N3CCN(S(=O)(=O)c4ccccc4Cl)CC3)sc2n1. The smallest absolute Gasteiger partial charge is 0.264 e. The van der Waals surface area contributed by atoms with Crippen molar-refractivity contribution < 1.29 is 13.2 Å². The van der Waals surface area contributed by atoms with Gasteiger partial charge in [0.1, 0.15) is 15.6 Å².